The van der Waals surface area contributed by atoms with E-state index in [4.69, 9.17) is 9.52 Å². The standard InChI is InChI=1S/C12H16N2O4/c15-11(14-6-2-1-3-7-14)8-13-10-5-4-9(18-10)12(16)17/h4-5,13H,1-3,6-8H2,(H,16,17). The van der Waals surface area contributed by atoms with Gasteiger partial charge in [-0.25, -0.2) is 4.79 Å². The third kappa shape index (κ3) is 3.03. The van der Waals surface area contributed by atoms with E-state index < -0.39 is 5.97 Å². The molecule has 18 heavy (non-hydrogen) atoms. The van der Waals surface area contributed by atoms with E-state index in [1.54, 1.807) is 0 Å². The summed E-state index contributed by atoms with van der Waals surface area (Å²) in [6.07, 6.45) is 3.28. The average Bonchev–Trinajstić information content (AvgIpc) is 2.86. The lowest BCUT2D eigenvalue weighted by Gasteiger charge is -2.26. The second kappa shape index (κ2) is 5.57. The van der Waals surface area contributed by atoms with Crippen molar-refractivity contribution in [3.05, 3.63) is 17.9 Å². The first-order valence-electron chi connectivity index (χ1n) is 6.01. The van der Waals surface area contributed by atoms with Gasteiger partial charge in [-0.2, -0.15) is 0 Å². The van der Waals surface area contributed by atoms with Gasteiger partial charge in [0.2, 0.25) is 11.7 Å². The zero-order valence-electron chi connectivity index (χ0n) is 10.0. The van der Waals surface area contributed by atoms with Crippen molar-refractivity contribution in [2.75, 3.05) is 25.0 Å². The molecule has 0 spiro atoms. The molecule has 0 aliphatic carbocycles. The summed E-state index contributed by atoms with van der Waals surface area (Å²) in [6.45, 7) is 1.74. The molecule has 2 N–H and O–H groups in total. The molecule has 0 bridgehead atoms. The highest BCUT2D eigenvalue weighted by molar-refractivity contribution is 5.85. The highest BCUT2D eigenvalue weighted by atomic mass is 16.4. The summed E-state index contributed by atoms with van der Waals surface area (Å²) in [6, 6.07) is 2.86. The predicted molar refractivity (Wildman–Crippen MR) is 64.6 cm³/mol. The van der Waals surface area contributed by atoms with Crippen LogP contribution in [0.3, 0.4) is 0 Å². The Bertz CT molecular complexity index is 435. The number of carbonyl (C=O) groups is 2. The molecule has 2 heterocycles. The quantitative estimate of drug-likeness (QED) is 0.846. The van der Waals surface area contributed by atoms with Gasteiger partial charge in [-0.3, -0.25) is 4.79 Å². The van der Waals surface area contributed by atoms with Crippen LogP contribution in [0.1, 0.15) is 29.8 Å². The molecule has 1 aromatic rings. The van der Waals surface area contributed by atoms with Crippen molar-refractivity contribution in [1.29, 1.82) is 0 Å². The van der Waals surface area contributed by atoms with Gasteiger partial charge < -0.3 is 19.7 Å². The lowest BCUT2D eigenvalue weighted by atomic mass is 10.1. The van der Waals surface area contributed by atoms with Gasteiger partial charge >= 0.3 is 5.97 Å². The van der Waals surface area contributed by atoms with Gasteiger partial charge in [0.25, 0.3) is 0 Å². The third-order valence-corrected chi connectivity index (χ3v) is 2.94. The Morgan fingerprint density at radius 2 is 2.00 bits per heavy atom. The Labute approximate surface area is 105 Å². The third-order valence-electron chi connectivity index (χ3n) is 2.94. The van der Waals surface area contributed by atoms with Crippen molar-refractivity contribution < 1.29 is 19.1 Å². The van der Waals surface area contributed by atoms with Crippen LogP contribution in [0.5, 0.6) is 0 Å². The van der Waals surface area contributed by atoms with Gasteiger partial charge in [-0.1, -0.05) is 0 Å². The van der Waals surface area contributed by atoms with Gasteiger partial charge in [0, 0.05) is 19.2 Å². The number of likely N-dealkylation sites (tertiary alicyclic amines) is 1. The monoisotopic (exact) mass is 252 g/mol. The highest BCUT2D eigenvalue weighted by Crippen LogP contribution is 2.13. The minimum Gasteiger partial charge on any atom is -0.475 e. The van der Waals surface area contributed by atoms with Crippen molar-refractivity contribution in [2.24, 2.45) is 0 Å². The van der Waals surface area contributed by atoms with E-state index in [2.05, 4.69) is 5.32 Å². The molecule has 2 rings (SSSR count). The van der Waals surface area contributed by atoms with E-state index in [9.17, 15) is 9.59 Å². The van der Waals surface area contributed by atoms with E-state index in [1.807, 2.05) is 4.90 Å². The summed E-state index contributed by atoms with van der Waals surface area (Å²) < 4.78 is 5.00. The number of furan rings is 1. The van der Waals surface area contributed by atoms with Crippen LogP contribution in [-0.2, 0) is 4.79 Å². The fourth-order valence-corrected chi connectivity index (χ4v) is 1.97. The van der Waals surface area contributed by atoms with Crippen molar-refractivity contribution >= 4 is 17.8 Å². The molecule has 6 nitrogen and oxygen atoms in total. The van der Waals surface area contributed by atoms with E-state index in [-0.39, 0.29) is 18.2 Å². The van der Waals surface area contributed by atoms with E-state index >= 15 is 0 Å². The van der Waals surface area contributed by atoms with E-state index in [0.717, 1.165) is 25.9 Å². The molecule has 1 aromatic heterocycles. The first-order chi connectivity index (χ1) is 8.66. The maximum atomic E-state index is 11.8. The minimum atomic E-state index is -1.12. The molecule has 0 radical (unpaired) electrons. The Kier molecular flexibility index (Phi) is 3.86. The zero-order valence-corrected chi connectivity index (χ0v) is 10.0. The summed E-state index contributed by atoms with van der Waals surface area (Å²) in [7, 11) is 0. The largest absolute Gasteiger partial charge is 0.475 e. The van der Waals surface area contributed by atoms with Gasteiger partial charge in [-0.05, 0) is 25.3 Å². The number of hydrogen-bond acceptors (Lipinski definition) is 4. The van der Waals surface area contributed by atoms with Gasteiger partial charge in [0.15, 0.2) is 5.88 Å². The van der Waals surface area contributed by atoms with Crippen molar-refractivity contribution in [1.82, 2.24) is 4.90 Å². The van der Waals surface area contributed by atoms with Gasteiger partial charge in [-0.15, -0.1) is 0 Å². The van der Waals surface area contributed by atoms with E-state index in [0.29, 0.717) is 5.88 Å². The molecule has 1 saturated heterocycles. The molecule has 1 amide bonds. The summed E-state index contributed by atoms with van der Waals surface area (Å²) in [4.78, 5) is 24.2. The van der Waals surface area contributed by atoms with Crippen LogP contribution in [-0.4, -0.2) is 41.5 Å². The van der Waals surface area contributed by atoms with Crippen molar-refractivity contribution in [2.45, 2.75) is 19.3 Å². The number of aromatic carboxylic acids is 1. The van der Waals surface area contributed by atoms with Crippen LogP contribution >= 0.6 is 0 Å². The molecule has 1 aliphatic rings. The van der Waals surface area contributed by atoms with Gasteiger partial charge in [0.05, 0.1) is 6.54 Å². The number of carboxylic acid groups (broad SMARTS) is 1. The molecule has 1 aliphatic heterocycles. The Morgan fingerprint density at radius 3 is 2.61 bits per heavy atom. The number of piperidine rings is 1. The summed E-state index contributed by atoms with van der Waals surface area (Å²) in [5, 5.41) is 11.5. The fourth-order valence-electron chi connectivity index (χ4n) is 1.97. The fraction of sp³-hybridized carbons (Fsp3) is 0.500. The van der Waals surface area contributed by atoms with Crippen molar-refractivity contribution in [3.63, 3.8) is 0 Å². The first kappa shape index (κ1) is 12.5. The SMILES string of the molecule is O=C(O)c1ccc(NCC(=O)N2CCCCC2)o1. The minimum absolute atomic E-state index is 0.0166. The van der Waals surface area contributed by atoms with Crippen LogP contribution in [0.25, 0.3) is 0 Å². The Balaban J connectivity index is 1.82. The maximum Gasteiger partial charge on any atom is 0.371 e. The molecule has 0 saturated carbocycles. The van der Waals surface area contributed by atoms with Crippen LogP contribution in [0.2, 0.25) is 0 Å². The average molecular weight is 252 g/mol. The lowest BCUT2D eigenvalue weighted by Crippen LogP contribution is -2.39. The van der Waals surface area contributed by atoms with Crippen LogP contribution in [0.15, 0.2) is 16.5 Å². The summed E-state index contributed by atoms with van der Waals surface area (Å²) in [5.74, 6) is -0.936. The molecule has 0 atom stereocenters. The number of anilines is 1. The lowest BCUT2D eigenvalue weighted by molar-refractivity contribution is -0.130. The molecule has 0 aromatic carbocycles. The molecule has 98 valence electrons. The topological polar surface area (TPSA) is 82.8 Å². The molecule has 0 unspecified atom stereocenters. The number of nitrogens with zero attached hydrogens (tertiary/aromatic N) is 1. The Morgan fingerprint density at radius 1 is 1.28 bits per heavy atom. The molecule has 6 heteroatoms. The number of rotatable bonds is 4. The van der Waals surface area contributed by atoms with Crippen LogP contribution < -0.4 is 5.32 Å². The molecular weight excluding hydrogens is 236 g/mol. The number of hydrogen-bond donors (Lipinski definition) is 2. The number of carbonyl (C=O) groups excluding carboxylic acids is 1. The zero-order chi connectivity index (χ0) is 13.0. The maximum absolute atomic E-state index is 11.8. The molecular formula is C12H16N2O4. The number of amides is 1. The second-order valence-corrected chi connectivity index (χ2v) is 4.26. The Hall–Kier alpha value is -1.98. The van der Waals surface area contributed by atoms with Crippen LogP contribution in [0.4, 0.5) is 5.88 Å². The number of carboxylic acids is 1. The van der Waals surface area contributed by atoms with Gasteiger partial charge in [0.1, 0.15) is 0 Å². The number of nitrogens with one attached hydrogen (secondary N) is 1. The smallest absolute Gasteiger partial charge is 0.371 e. The van der Waals surface area contributed by atoms with Crippen molar-refractivity contribution in [3.8, 4) is 0 Å². The normalized spacial score (nSPS) is 15.4. The summed E-state index contributed by atoms with van der Waals surface area (Å²) >= 11 is 0. The first-order valence-corrected chi connectivity index (χ1v) is 6.01. The summed E-state index contributed by atoms with van der Waals surface area (Å²) in [5.41, 5.74) is 0. The molecule has 1 fully saturated rings. The van der Waals surface area contributed by atoms with Crippen LogP contribution in [0, 0.1) is 0 Å². The van der Waals surface area contributed by atoms with E-state index in [1.165, 1.54) is 18.6 Å². The highest BCUT2D eigenvalue weighted by Gasteiger charge is 2.16. The second-order valence-electron chi connectivity index (χ2n) is 4.26. The predicted octanol–water partition coefficient (Wildman–Crippen LogP) is 1.40.